The van der Waals surface area contributed by atoms with Crippen LogP contribution in [0.5, 0.6) is 0 Å². The molecule has 3 N–H and O–H groups in total. The van der Waals surface area contributed by atoms with E-state index in [2.05, 4.69) is 19.2 Å². The maximum atomic E-state index is 11.6. The normalized spacial score (nSPS) is 12.2. The number of carbonyl (C=O) groups is 1. The van der Waals surface area contributed by atoms with Gasteiger partial charge < -0.3 is 11.1 Å². The van der Waals surface area contributed by atoms with Crippen molar-refractivity contribution in [3.63, 3.8) is 0 Å². The van der Waals surface area contributed by atoms with E-state index >= 15 is 0 Å². The third kappa shape index (κ3) is 4.57. The van der Waals surface area contributed by atoms with Crippen molar-refractivity contribution in [3.8, 4) is 0 Å². The molecule has 0 aliphatic carbocycles. The Balaban J connectivity index is 2.47. The predicted octanol–water partition coefficient (Wildman–Crippen LogP) is 2.20. The van der Waals surface area contributed by atoms with E-state index in [9.17, 15) is 4.79 Å². The van der Waals surface area contributed by atoms with Crippen LogP contribution in [0.2, 0.25) is 0 Å². The summed E-state index contributed by atoms with van der Waals surface area (Å²) < 4.78 is 0. The lowest BCUT2D eigenvalue weighted by molar-refractivity contribution is -0.122. The molecule has 0 heterocycles. The number of hydrogen-bond acceptors (Lipinski definition) is 2. The van der Waals surface area contributed by atoms with Crippen molar-refractivity contribution >= 4 is 5.91 Å². The van der Waals surface area contributed by atoms with E-state index in [1.807, 2.05) is 24.3 Å². The van der Waals surface area contributed by atoms with Crippen LogP contribution >= 0.6 is 0 Å². The zero-order valence-electron chi connectivity index (χ0n) is 10.7. The predicted molar refractivity (Wildman–Crippen MR) is 70.3 cm³/mol. The first kappa shape index (κ1) is 13.7. The van der Waals surface area contributed by atoms with E-state index in [4.69, 9.17) is 5.73 Å². The molecule has 0 radical (unpaired) electrons. The summed E-state index contributed by atoms with van der Waals surface area (Å²) in [5.41, 5.74) is 7.84. The zero-order chi connectivity index (χ0) is 12.7. The highest BCUT2D eigenvalue weighted by molar-refractivity contribution is 5.76. The van der Waals surface area contributed by atoms with E-state index in [-0.39, 0.29) is 5.91 Å². The lowest BCUT2D eigenvalue weighted by Gasteiger charge is -2.11. The summed E-state index contributed by atoms with van der Waals surface area (Å²) in [6.07, 6.45) is 1.63. The van der Waals surface area contributed by atoms with Crippen molar-refractivity contribution in [3.05, 3.63) is 35.4 Å². The third-order valence-corrected chi connectivity index (χ3v) is 3.05. The van der Waals surface area contributed by atoms with Gasteiger partial charge in [-0.25, -0.2) is 0 Å². The number of amides is 1. The monoisotopic (exact) mass is 234 g/mol. The average Bonchev–Trinajstić information content (AvgIpc) is 2.36. The van der Waals surface area contributed by atoms with Crippen LogP contribution in [0.15, 0.2) is 24.3 Å². The highest BCUT2D eigenvalue weighted by Gasteiger charge is 2.07. The lowest BCUT2D eigenvalue weighted by Crippen LogP contribution is -2.25. The summed E-state index contributed by atoms with van der Waals surface area (Å²) in [6.45, 7) is 5.27. The molecule has 0 spiro atoms. The Labute approximate surface area is 103 Å². The van der Waals surface area contributed by atoms with Crippen LogP contribution in [0.25, 0.3) is 0 Å². The number of rotatable bonds is 6. The van der Waals surface area contributed by atoms with Crippen LogP contribution in [0.4, 0.5) is 0 Å². The van der Waals surface area contributed by atoms with Crippen molar-refractivity contribution in [2.75, 3.05) is 0 Å². The number of nitrogens with two attached hydrogens (primary N) is 1. The topological polar surface area (TPSA) is 55.1 Å². The third-order valence-electron chi connectivity index (χ3n) is 3.05. The highest BCUT2D eigenvalue weighted by Crippen LogP contribution is 2.09. The molecule has 0 aromatic heterocycles. The second-order valence-corrected chi connectivity index (χ2v) is 4.47. The molecule has 3 nitrogen and oxygen atoms in total. The van der Waals surface area contributed by atoms with Crippen LogP contribution in [-0.2, 0) is 17.9 Å². The van der Waals surface area contributed by atoms with E-state index in [1.54, 1.807) is 0 Å². The van der Waals surface area contributed by atoms with E-state index in [0.29, 0.717) is 25.4 Å². The Bertz CT molecular complexity index is 363. The van der Waals surface area contributed by atoms with Crippen LogP contribution < -0.4 is 11.1 Å². The van der Waals surface area contributed by atoms with Crippen molar-refractivity contribution in [1.29, 1.82) is 0 Å². The van der Waals surface area contributed by atoms with E-state index in [0.717, 1.165) is 17.5 Å². The van der Waals surface area contributed by atoms with Crippen molar-refractivity contribution < 1.29 is 4.79 Å². The largest absolute Gasteiger partial charge is 0.352 e. The molecule has 0 aliphatic rings. The molecule has 1 aromatic carbocycles. The summed E-state index contributed by atoms with van der Waals surface area (Å²) in [7, 11) is 0. The fourth-order valence-corrected chi connectivity index (χ4v) is 1.66. The Kier molecular flexibility index (Phi) is 5.70. The Hall–Kier alpha value is -1.35. The molecule has 1 aromatic rings. The minimum Gasteiger partial charge on any atom is -0.352 e. The Morgan fingerprint density at radius 3 is 2.59 bits per heavy atom. The molecule has 1 unspecified atom stereocenters. The fraction of sp³-hybridized carbons (Fsp3) is 0.500. The lowest BCUT2D eigenvalue weighted by atomic mass is 10.0. The minimum atomic E-state index is 0.117. The summed E-state index contributed by atoms with van der Waals surface area (Å²) in [5, 5.41) is 2.94. The first-order chi connectivity index (χ1) is 8.17. The second-order valence-electron chi connectivity index (χ2n) is 4.47. The van der Waals surface area contributed by atoms with Crippen LogP contribution in [0.3, 0.4) is 0 Å². The van der Waals surface area contributed by atoms with Gasteiger partial charge >= 0.3 is 0 Å². The van der Waals surface area contributed by atoms with Gasteiger partial charge in [-0.3, -0.25) is 4.79 Å². The van der Waals surface area contributed by atoms with Gasteiger partial charge in [-0.1, -0.05) is 44.5 Å². The number of carbonyl (C=O) groups excluding carboxylic acids is 1. The summed E-state index contributed by atoms with van der Waals surface area (Å²) in [4.78, 5) is 11.6. The number of hydrogen-bond donors (Lipinski definition) is 2. The van der Waals surface area contributed by atoms with Gasteiger partial charge in [-0.05, 0) is 17.0 Å². The summed E-state index contributed by atoms with van der Waals surface area (Å²) >= 11 is 0. The molecule has 0 saturated heterocycles. The van der Waals surface area contributed by atoms with Gasteiger partial charge in [0.2, 0.25) is 5.91 Å². The Morgan fingerprint density at radius 1 is 1.35 bits per heavy atom. The van der Waals surface area contributed by atoms with Gasteiger partial charge in [0, 0.05) is 19.5 Å². The number of nitrogens with one attached hydrogen (secondary N) is 1. The molecule has 0 saturated carbocycles. The molecule has 1 rings (SSSR count). The molecule has 94 valence electrons. The SMILES string of the molecule is CCC(C)CC(=O)NCc1ccccc1CN. The Morgan fingerprint density at radius 2 is 2.00 bits per heavy atom. The van der Waals surface area contributed by atoms with E-state index in [1.165, 1.54) is 0 Å². The van der Waals surface area contributed by atoms with Crippen LogP contribution in [-0.4, -0.2) is 5.91 Å². The zero-order valence-corrected chi connectivity index (χ0v) is 10.7. The smallest absolute Gasteiger partial charge is 0.220 e. The van der Waals surface area contributed by atoms with Crippen LogP contribution in [0, 0.1) is 5.92 Å². The first-order valence-electron chi connectivity index (χ1n) is 6.20. The highest BCUT2D eigenvalue weighted by atomic mass is 16.1. The standard InChI is InChI=1S/C14H22N2O/c1-3-11(2)8-14(17)16-10-13-7-5-4-6-12(13)9-15/h4-7,11H,3,8-10,15H2,1-2H3,(H,16,17). The average molecular weight is 234 g/mol. The molecule has 1 amide bonds. The van der Waals surface area contributed by atoms with Gasteiger partial charge in [0.05, 0.1) is 0 Å². The van der Waals surface area contributed by atoms with Gasteiger partial charge in [-0.2, -0.15) is 0 Å². The van der Waals surface area contributed by atoms with Gasteiger partial charge in [0.15, 0.2) is 0 Å². The van der Waals surface area contributed by atoms with Gasteiger partial charge in [0.25, 0.3) is 0 Å². The molecule has 0 fully saturated rings. The molecule has 3 heteroatoms. The summed E-state index contributed by atoms with van der Waals surface area (Å²) in [6, 6.07) is 7.93. The molecule has 0 aliphatic heterocycles. The molecule has 1 atom stereocenters. The maximum absolute atomic E-state index is 11.6. The molecule has 17 heavy (non-hydrogen) atoms. The van der Waals surface area contributed by atoms with Crippen molar-refractivity contribution in [2.45, 2.75) is 39.8 Å². The summed E-state index contributed by atoms with van der Waals surface area (Å²) in [5.74, 6) is 0.561. The molecular weight excluding hydrogens is 212 g/mol. The van der Waals surface area contributed by atoms with Gasteiger partial charge in [-0.15, -0.1) is 0 Å². The number of benzene rings is 1. The fourth-order valence-electron chi connectivity index (χ4n) is 1.66. The molecule has 0 bridgehead atoms. The maximum Gasteiger partial charge on any atom is 0.220 e. The van der Waals surface area contributed by atoms with Crippen LogP contribution in [0.1, 0.15) is 37.8 Å². The van der Waals surface area contributed by atoms with Crippen molar-refractivity contribution in [2.24, 2.45) is 11.7 Å². The second kappa shape index (κ2) is 7.07. The van der Waals surface area contributed by atoms with E-state index < -0.39 is 0 Å². The molecular formula is C14H22N2O. The first-order valence-corrected chi connectivity index (χ1v) is 6.20. The minimum absolute atomic E-state index is 0.117. The van der Waals surface area contributed by atoms with Crippen molar-refractivity contribution in [1.82, 2.24) is 5.32 Å². The van der Waals surface area contributed by atoms with Gasteiger partial charge in [0.1, 0.15) is 0 Å². The quantitative estimate of drug-likeness (QED) is 0.792.